The molecule has 20 heavy (non-hydrogen) atoms. The lowest BCUT2D eigenvalue weighted by molar-refractivity contribution is -0.116. The van der Waals surface area contributed by atoms with Crippen molar-refractivity contribution in [3.05, 3.63) is 29.1 Å². The van der Waals surface area contributed by atoms with E-state index < -0.39 is 12.0 Å². The van der Waals surface area contributed by atoms with Gasteiger partial charge in [-0.05, 0) is 37.5 Å². The van der Waals surface area contributed by atoms with Gasteiger partial charge in [0.25, 0.3) is 0 Å². The highest BCUT2D eigenvalue weighted by atomic mass is 19.1. The van der Waals surface area contributed by atoms with Crippen molar-refractivity contribution >= 4 is 11.6 Å². The minimum Gasteiger partial charge on any atom is -0.389 e. The molecular weight excluding hydrogens is 259 g/mol. The van der Waals surface area contributed by atoms with Crippen LogP contribution < -0.4 is 10.6 Å². The maximum atomic E-state index is 13.7. The molecule has 0 aliphatic heterocycles. The normalized spacial score (nSPS) is 12.6. The summed E-state index contributed by atoms with van der Waals surface area (Å²) in [7, 11) is 0. The second-order valence-corrected chi connectivity index (χ2v) is 5.58. The van der Waals surface area contributed by atoms with Gasteiger partial charge in [-0.1, -0.05) is 13.8 Å². The number of aliphatic hydroxyl groups excluding tert-OH is 1. The van der Waals surface area contributed by atoms with Gasteiger partial charge in [-0.25, -0.2) is 4.39 Å². The fourth-order valence-corrected chi connectivity index (χ4v) is 2.17. The summed E-state index contributed by atoms with van der Waals surface area (Å²) in [5, 5.41) is 9.83. The Bertz CT molecular complexity index is 487. The van der Waals surface area contributed by atoms with Gasteiger partial charge in [0, 0.05) is 17.8 Å². The Kier molecular flexibility index (Phi) is 5.51. The predicted molar refractivity (Wildman–Crippen MR) is 78.0 cm³/mol. The molecule has 0 heterocycles. The average Bonchev–Trinajstić information content (AvgIpc) is 2.29. The Labute approximate surface area is 119 Å². The van der Waals surface area contributed by atoms with Crippen molar-refractivity contribution in [2.45, 2.75) is 33.8 Å². The maximum Gasteiger partial charge on any atom is 0.236 e. The number of aliphatic hydroxyl groups is 1. The van der Waals surface area contributed by atoms with Gasteiger partial charge in [-0.3, -0.25) is 4.79 Å². The first-order valence-electron chi connectivity index (χ1n) is 6.73. The number of amides is 1. The van der Waals surface area contributed by atoms with Gasteiger partial charge in [-0.15, -0.1) is 0 Å². The fourth-order valence-electron chi connectivity index (χ4n) is 2.17. The highest BCUT2D eigenvalue weighted by Gasteiger charge is 2.19. The lowest BCUT2D eigenvalue weighted by Crippen LogP contribution is -2.37. The third-order valence-corrected chi connectivity index (χ3v) is 3.03. The van der Waals surface area contributed by atoms with Crippen molar-refractivity contribution in [3.63, 3.8) is 0 Å². The lowest BCUT2D eigenvalue weighted by Gasteiger charge is -2.29. The Morgan fingerprint density at radius 3 is 2.45 bits per heavy atom. The SMILES string of the molecule is Cc1cc(N(CC(N)=O)CC(C)C)c([C@H](C)O)cc1F. The molecule has 1 aromatic rings. The lowest BCUT2D eigenvalue weighted by atomic mass is 10.0. The monoisotopic (exact) mass is 282 g/mol. The number of primary amides is 1. The van der Waals surface area contributed by atoms with Crippen LogP contribution in [0.25, 0.3) is 0 Å². The first-order chi connectivity index (χ1) is 9.22. The number of rotatable bonds is 6. The first-order valence-corrected chi connectivity index (χ1v) is 6.73. The number of carbonyl (C=O) groups excluding carboxylic acids is 1. The molecule has 5 heteroatoms. The Morgan fingerprint density at radius 2 is 2.00 bits per heavy atom. The largest absolute Gasteiger partial charge is 0.389 e. The van der Waals surface area contributed by atoms with Crippen molar-refractivity contribution in [1.82, 2.24) is 0 Å². The zero-order valence-corrected chi connectivity index (χ0v) is 12.5. The van der Waals surface area contributed by atoms with Gasteiger partial charge in [0.2, 0.25) is 5.91 Å². The van der Waals surface area contributed by atoms with Crippen LogP contribution in [0.5, 0.6) is 0 Å². The minimum atomic E-state index is -0.817. The summed E-state index contributed by atoms with van der Waals surface area (Å²) < 4.78 is 13.7. The molecule has 0 fully saturated rings. The highest BCUT2D eigenvalue weighted by molar-refractivity contribution is 5.80. The number of hydrogen-bond acceptors (Lipinski definition) is 3. The number of benzene rings is 1. The molecule has 3 N–H and O–H groups in total. The van der Waals surface area contributed by atoms with Crippen LogP contribution in [0.4, 0.5) is 10.1 Å². The number of aryl methyl sites for hydroxylation is 1. The van der Waals surface area contributed by atoms with Crippen molar-refractivity contribution < 1.29 is 14.3 Å². The molecule has 1 aromatic carbocycles. The summed E-state index contributed by atoms with van der Waals surface area (Å²) in [5.41, 5.74) is 6.88. The van der Waals surface area contributed by atoms with Crippen LogP contribution in [0.1, 0.15) is 38.0 Å². The third-order valence-electron chi connectivity index (χ3n) is 3.03. The van der Waals surface area contributed by atoms with E-state index in [-0.39, 0.29) is 12.4 Å². The molecule has 0 bridgehead atoms. The van der Waals surface area contributed by atoms with Gasteiger partial charge >= 0.3 is 0 Å². The second-order valence-electron chi connectivity index (χ2n) is 5.58. The van der Waals surface area contributed by atoms with Gasteiger partial charge < -0.3 is 15.7 Å². The van der Waals surface area contributed by atoms with Crippen LogP contribution in [0, 0.1) is 18.7 Å². The summed E-state index contributed by atoms with van der Waals surface area (Å²) in [6, 6.07) is 2.98. The molecule has 1 atom stereocenters. The molecule has 0 radical (unpaired) electrons. The molecule has 0 aliphatic carbocycles. The van der Waals surface area contributed by atoms with Crippen LogP contribution in [0.15, 0.2) is 12.1 Å². The summed E-state index contributed by atoms with van der Waals surface area (Å²) in [5.74, 6) is -0.515. The first kappa shape index (κ1) is 16.4. The summed E-state index contributed by atoms with van der Waals surface area (Å²) >= 11 is 0. The van der Waals surface area contributed by atoms with E-state index in [9.17, 15) is 14.3 Å². The fraction of sp³-hybridized carbons (Fsp3) is 0.533. The molecule has 1 rings (SSSR count). The topological polar surface area (TPSA) is 66.6 Å². The number of anilines is 1. The summed E-state index contributed by atoms with van der Waals surface area (Å²) in [6.07, 6.45) is -0.817. The molecule has 0 aliphatic rings. The third kappa shape index (κ3) is 4.20. The smallest absolute Gasteiger partial charge is 0.236 e. The Morgan fingerprint density at radius 1 is 1.40 bits per heavy atom. The standard InChI is InChI=1S/C15H23FN2O2/c1-9(2)7-18(8-15(17)20)14-5-10(3)13(16)6-12(14)11(4)19/h5-6,9,11,19H,7-8H2,1-4H3,(H2,17,20)/t11-/m0/s1. The molecule has 0 saturated carbocycles. The van der Waals surface area contributed by atoms with E-state index in [0.29, 0.717) is 29.3 Å². The van der Waals surface area contributed by atoms with E-state index in [4.69, 9.17) is 5.73 Å². The molecule has 0 unspecified atom stereocenters. The molecule has 0 saturated heterocycles. The molecule has 0 spiro atoms. The zero-order chi connectivity index (χ0) is 15.4. The minimum absolute atomic E-state index is 0.0446. The molecule has 112 valence electrons. The van der Waals surface area contributed by atoms with E-state index in [1.54, 1.807) is 24.8 Å². The number of halogens is 1. The maximum absolute atomic E-state index is 13.7. The molecule has 1 amide bonds. The van der Waals surface area contributed by atoms with Crippen LogP contribution in [-0.2, 0) is 4.79 Å². The number of nitrogens with two attached hydrogens (primary N) is 1. The second kappa shape index (κ2) is 6.70. The van der Waals surface area contributed by atoms with Crippen LogP contribution in [0.3, 0.4) is 0 Å². The van der Waals surface area contributed by atoms with Gasteiger partial charge in [-0.2, -0.15) is 0 Å². The predicted octanol–water partition coefficient (Wildman–Crippen LogP) is 2.14. The van der Waals surface area contributed by atoms with E-state index in [2.05, 4.69) is 0 Å². The number of nitrogens with zero attached hydrogens (tertiary/aromatic N) is 1. The average molecular weight is 282 g/mol. The Hall–Kier alpha value is -1.62. The summed E-state index contributed by atoms with van der Waals surface area (Å²) in [4.78, 5) is 13.0. The van der Waals surface area contributed by atoms with Crippen LogP contribution >= 0.6 is 0 Å². The molecule has 0 aromatic heterocycles. The van der Waals surface area contributed by atoms with Crippen LogP contribution in [0.2, 0.25) is 0 Å². The highest BCUT2D eigenvalue weighted by Crippen LogP contribution is 2.29. The van der Waals surface area contributed by atoms with Crippen molar-refractivity contribution in [2.24, 2.45) is 11.7 Å². The molecular formula is C15H23FN2O2. The molecule has 4 nitrogen and oxygen atoms in total. The van der Waals surface area contributed by atoms with Crippen molar-refractivity contribution in [3.8, 4) is 0 Å². The quantitative estimate of drug-likeness (QED) is 0.840. The number of hydrogen-bond donors (Lipinski definition) is 2. The van der Waals surface area contributed by atoms with E-state index >= 15 is 0 Å². The Balaban J connectivity index is 3.29. The van der Waals surface area contributed by atoms with E-state index in [1.165, 1.54) is 6.07 Å². The van der Waals surface area contributed by atoms with E-state index in [0.717, 1.165) is 0 Å². The van der Waals surface area contributed by atoms with Gasteiger partial charge in [0.15, 0.2) is 0 Å². The van der Waals surface area contributed by atoms with Crippen molar-refractivity contribution in [1.29, 1.82) is 0 Å². The number of carbonyl (C=O) groups is 1. The van der Waals surface area contributed by atoms with Gasteiger partial charge in [0.1, 0.15) is 5.82 Å². The summed E-state index contributed by atoms with van der Waals surface area (Å²) in [6.45, 7) is 7.92. The van der Waals surface area contributed by atoms with Gasteiger partial charge in [0.05, 0.1) is 12.6 Å². The zero-order valence-electron chi connectivity index (χ0n) is 12.5. The van der Waals surface area contributed by atoms with Crippen LogP contribution in [-0.4, -0.2) is 24.1 Å². The van der Waals surface area contributed by atoms with Crippen molar-refractivity contribution in [2.75, 3.05) is 18.0 Å². The van der Waals surface area contributed by atoms with E-state index in [1.807, 2.05) is 13.8 Å².